The van der Waals surface area contributed by atoms with Crippen molar-refractivity contribution in [3.8, 4) is 11.5 Å². The maximum absolute atomic E-state index is 12.9. The van der Waals surface area contributed by atoms with E-state index in [1.54, 1.807) is 13.8 Å². The molecule has 3 N–H and O–H groups in total. The summed E-state index contributed by atoms with van der Waals surface area (Å²) in [7, 11) is 0. The third-order valence-corrected chi connectivity index (χ3v) is 3.07. The highest BCUT2D eigenvalue weighted by atomic mass is 19.3. The van der Waals surface area contributed by atoms with Gasteiger partial charge in [-0.2, -0.15) is 0 Å². The second-order valence-corrected chi connectivity index (χ2v) is 5.69. The summed E-state index contributed by atoms with van der Waals surface area (Å²) in [6, 6.07) is 3.25. The zero-order valence-electron chi connectivity index (χ0n) is 12.5. The van der Waals surface area contributed by atoms with Gasteiger partial charge in [-0.1, -0.05) is 0 Å². The number of hydrogen-bond acceptors (Lipinski definition) is 4. The zero-order chi connectivity index (χ0) is 17.3. The molecule has 0 aromatic heterocycles. The summed E-state index contributed by atoms with van der Waals surface area (Å²) < 4.78 is 34.4. The van der Waals surface area contributed by atoms with Gasteiger partial charge in [-0.25, -0.2) is 4.79 Å². The van der Waals surface area contributed by atoms with Crippen molar-refractivity contribution in [1.29, 1.82) is 0 Å². The molecule has 1 heterocycles. The summed E-state index contributed by atoms with van der Waals surface area (Å²) in [6.07, 6.45) is -3.57. The summed E-state index contributed by atoms with van der Waals surface area (Å²) in [6.45, 7) is 3.35. The predicted molar refractivity (Wildman–Crippen MR) is 75.7 cm³/mol. The average molecular weight is 330 g/mol. The molecule has 0 unspecified atom stereocenters. The molecule has 1 aromatic carbocycles. The molecule has 0 spiro atoms. The number of aliphatic carboxylic acids is 1. The van der Waals surface area contributed by atoms with Crippen LogP contribution in [0.15, 0.2) is 18.2 Å². The first-order valence-corrected chi connectivity index (χ1v) is 6.77. The van der Waals surface area contributed by atoms with E-state index in [-0.39, 0.29) is 30.0 Å². The average Bonchev–Trinajstić information content (AvgIpc) is 2.69. The Kier molecular flexibility index (Phi) is 4.31. The number of fused-ring (bicyclic) bond motifs is 1. The molecule has 2 rings (SSSR count). The van der Waals surface area contributed by atoms with Crippen LogP contribution in [0.3, 0.4) is 0 Å². The summed E-state index contributed by atoms with van der Waals surface area (Å²) in [5, 5.41) is 13.7. The standard InChI is InChI=1S/C14H16F2N2O5/c1-13(2,6-5-11(19)20)18-12(21)17-8-3-4-9-10(7-8)23-14(15,16)22-9/h3-4,7H,5-6H2,1-2H3,(H,19,20)(H2,17,18,21). The molecular weight excluding hydrogens is 314 g/mol. The monoisotopic (exact) mass is 330 g/mol. The van der Waals surface area contributed by atoms with Gasteiger partial charge in [-0.3, -0.25) is 4.79 Å². The number of carboxylic acid groups (broad SMARTS) is 1. The molecule has 0 saturated heterocycles. The number of nitrogens with one attached hydrogen (secondary N) is 2. The number of alkyl halides is 2. The lowest BCUT2D eigenvalue weighted by molar-refractivity contribution is -0.286. The van der Waals surface area contributed by atoms with Crippen molar-refractivity contribution in [1.82, 2.24) is 5.32 Å². The number of carboxylic acids is 1. The molecule has 7 nitrogen and oxygen atoms in total. The fourth-order valence-corrected chi connectivity index (χ4v) is 1.98. The number of ether oxygens (including phenoxy) is 2. The van der Waals surface area contributed by atoms with Gasteiger partial charge < -0.3 is 25.2 Å². The van der Waals surface area contributed by atoms with Crippen LogP contribution >= 0.6 is 0 Å². The fourth-order valence-electron chi connectivity index (χ4n) is 1.98. The normalized spacial score (nSPS) is 15.1. The SMILES string of the molecule is CC(C)(CCC(=O)O)NC(=O)Nc1ccc2c(c1)OC(F)(F)O2. The van der Waals surface area contributed by atoms with Crippen molar-refractivity contribution in [3.05, 3.63) is 18.2 Å². The van der Waals surface area contributed by atoms with E-state index in [1.807, 2.05) is 0 Å². The second-order valence-electron chi connectivity index (χ2n) is 5.69. The minimum atomic E-state index is -3.72. The quantitative estimate of drug-likeness (QED) is 0.771. The Morgan fingerprint density at radius 2 is 1.91 bits per heavy atom. The maximum atomic E-state index is 12.9. The van der Waals surface area contributed by atoms with Crippen molar-refractivity contribution in [3.63, 3.8) is 0 Å². The number of hydrogen-bond donors (Lipinski definition) is 3. The summed E-state index contributed by atoms with van der Waals surface area (Å²) in [5.41, 5.74) is -0.511. The topological polar surface area (TPSA) is 96.9 Å². The molecule has 0 fully saturated rings. The van der Waals surface area contributed by atoms with Gasteiger partial charge in [0, 0.05) is 23.7 Å². The fraction of sp³-hybridized carbons (Fsp3) is 0.429. The van der Waals surface area contributed by atoms with E-state index in [1.165, 1.54) is 18.2 Å². The van der Waals surface area contributed by atoms with Crippen LogP contribution in [0.2, 0.25) is 0 Å². The van der Waals surface area contributed by atoms with Gasteiger partial charge in [-0.05, 0) is 32.4 Å². The van der Waals surface area contributed by atoms with E-state index in [4.69, 9.17) is 5.11 Å². The number of anilines is 1. The van der Waals surface area contributed by atoms with Gasteiger partial charge in [0.2, 0.25) is 0 Å². The van der Waals surface area contributed by atoms with Crippen LogP contribution in [-0.2, 0) is 4.79 Å². The first-order valence-electron chi connectivity index (χ1n) is 6.77. The van der Waals surface area contributed by atoms with Crippen molar-refractivity contribution < 1.29 is 33.0 Å². The molecule has 126 valence electrons. The van der Waals surface area contributed by atoms with Crippen molar-refractivity contribution in [2.24, 2.45) is 0 Å². The van der Waals surface area contributed by atoms with Crippen LogP contribution in [0.1, 0.15) is 26.7 Å². The Morgan fingerprint density at radius 3 is 2.57 bits per heavy atom. The third kappa shape index (κ3) is 4.70. The lowest BCUT2D eigenvalue weighted by Crippen LogP contribution is -2.45. The Balaban J connectivity index is 1.95. The molecule has 1 aromatic rings. The van der Waals surface area contributed by atoms with Crippen molar-refractivity contribution in [2.45, 2.75) is 38.5 Å². The van der Waals surface area contributed by atoms with Crippen LogP contribution in [0.25, 0.3) is 0 Å². The Morgan fingerprint density at radius 1 is 1.26 bits per heavy atom. The number of amides is 2. The van der Waals surface area contributed by atoms with Crippen LogP contribution < -0.4 is 20.1 Å². The van der Waals surface area contributed by atoms with E-state index in [0.717, 1.165) is 0 Å². The van der Waals surface area contributed by atoms with E-state index in [9.17, 15) is 18.4 Å². The lowest BCUT2D eigenvalue weighted by atomic mass is 9.99. The van der Waals surface area contributed by atoms with Gasteiger partial charge in [0.05, 0.1) is 0 Å². The van der Waals surface area contributed by atoms with Gasteiger partial charge in [0.25, 0.3) is 0 Å². The molecule has 0 radical (unpaired) electrons. The Hall–Kier alpha value is -2.58. The summed E-state index contributed by atoms with van der Waals surface area (Å²) in [4.78, 5) is 22.5. The minimum absolute atomic E-state index is 0.0909. The van der Waals surface area contributed by atoms with Gasteiger partial charge in [-0.15, -0.1) is 8.78 Å². The number of carbonyl (C=O) groups is 2. The number of halogens is 2. The minimum Gasteiger partial charge on any atom is -0.481 e. The van der Waals surface area contributed by atoms with Crippen LogP contribution in [0.5, 0.6) is 11.5 Å². The first kappa shape index (κ1) is 16.8. The molecule has 9 heteroatoms. The van der Waals surface area contributed by atoms with Gasteiger partial charge in [0.15, 0.2) is 11.5 Å². The highest BCUT2D eigenvalue weighted by Crippen LogP contribution is 2.42. The molecule has 0 atom stereocenters. The molecule has 1 aliphatic heterocycles. The summed E-state index contributed by atoms with van der Waals surface area (Å²) >= 11 is 0. The molecular formula is C14H16F2N2O5. The van der Waals surface area contributed by atoms with Crippen molar-refractivity contribution in [2.75, 3.05) is 5.32 Å². The number of benzene rings is 1. The second kappa shape index (κ2) is 5.90. The maximum Gasteiger partial charge on any atom is 0.586 e. The highest BCUT2D eigenvalue weighted by Gasteiger charge is 2.43. The van der Waals surface area contributed by atoms with E-state index < -0.39 is 23.8 Å². The molecule has 0 saturated carbocycles. The highest BCUT2D eigenvalue weighted by molar-refractivity contribution is 5.90. The van der Waals surface area contributed by atoms with Crippen LogP contribution in [-0.4, -0.2) is 28.9 Å². The van der Waals surface area contributed by atoms with E-state index in [2.05, 4.69) is 20.1 Å². The molecule has 0 bridgehead atoms. The summed E-state index contributed by atoms with van der Waals surface area (Å²) in [5.74, 6) is -1.27. The molecule has 23 heavy (non-hydrogen) atoms. The molecule has 2 amide bonds. The third-order valence-electron chi connectivity index (χ3n) is 3.07. The smallest absolute Gasteiger partial charge is 0.481 e. The Bertz CT molecular complexity index is 634. The van der Waals surface area contributed by atoms with Gasteiger partial charge in [0.1, 0.15) is 0 Å². The molecule has 0 aliphatic carbocycles. The number of rotatable bonds is 5. The van der Waals surface area contributed by atoms with Gasteiger partial charge >= 0.3 is 18.3 Å². The van der Waals surface area contributed by atoms with E-state index in [0.29, 0.717) is 0 Å². The van der Waals surface area contributed by atoms with Crippen LogP contribution in [0.4, 0.5) is 19.3 Å². The van der Waals surface area contributed by atoms with E-state index >= 15 is 0 Å². The number of carbonyl (C=O) groups excluding carboxylic acids is 1. The van der Waals surface area contributed by atoms with Crippen LogP contribution in [0, 0.1) is 0 Å². The van der Waals surface area contributed by atoms with Crippen molar-refractivity contribution >= 4 is 17.7 Å². The lowest BCUT2D eigenvalue weighted by Gasteiger charge is -2.25. The largest absolute Gasteiger partial charge is 0.586 e. The molecule has 1 aliphatic rings. The predicted octanol–water partition coefficient (Wildman–Crippen LogP) is 2.77. The Labute approximate surface area is 130 Å². The first-order chi connectivity index (χ1) is 10.6. The zero-order valence-corrected chi connectivity index (χ0v) is 12.5. The number of urea groups is 1.